The van der Waals surface area contributed by atoms with Gasteiger partial charge in [0.2, 0.25) is 0 Å². The minimum atomic E-state index is -4.38. The lowest BCUT2D eigenvalue weighted by Gasteiger charge is -2.06. The summed E-state index contributed by atoms with van der Waals surface area (Å²) in [5.41, 5.74) is 0.0683. The van der Waals surface area contributed by atoms with Gasteiger partial charge in [0.25, 0.3) is 0 Å². The standard InChI is InChI=1S/C14H13F3O2S/c1-3-4-10-9-6-5-8(14(15,16)17)7-11(9)20-12(10)13(18)19-2/h5-7H,3-4H2,1-2H3. The predicted octanol–water partition coefficient (Wildman–Crippen LogP) is 4.66. The molecule has 1 heterocycles. The molecule has 1 aromatic carbocycles. The Bertz CT molecular complexity index is 644. The second-order valence-electron chi connectivity index (χ2n) is 4.36. The average molecular weight is 302 g/mol. The van der Waals surface area contributed by atoms with Crippen molar-refractivity contribution in [1.29, 1.82) is 0 Å². The fourth-order valence-electron chi connectivity index (χ4n) is 2.08. The smallest absolute Gasteiger partial charge is 0.416 e. The number of benzene rings is 1. The van der Waals surface area contributed by atoms with Crippen molar-refractivity contribution < 1.29 is 22.7 Å². The molecule has 0 aliphatic heterocycles. The molecule has 0 aliphatic carbocycles. The molecule has 2 aromatic rings. The van der Waals surface area contributed by atoms with Crippen molar-refractivity contribution >= 4 is 27.4 Å². The normalized spacial score (nSPS) is 11.8. The second-order valence-corrected chi connectivity index (χ2v) is 5.41. The molecule has 0 radical (unpaired) electrons. The van der Waals surface area contributed by atoms with E-state index in [-0.39, 0.29) is 0 Å². The predicted molar refractivity (Wildman–Crippen MR) is 72.2 cm³/mol. The van der Waals surface area contributed by atoms with E-state index in [9.17, 15) is 18.0 Å². The number of methoxy groups -OCH3 is 1. The highest BCUT2D eigenvalue weighted by atomic mass is 32.1. The minimum Gasteiger partial charge on any atom is -0.465 e. The summed E-state index contributed by atoms with van der Waals surface area (Å²) in [6.07, 6.45) is -2.94. The number of rotatable bonds is 3. The first-order chi connectivity index (χ1) is 9.38. The first kappa shape index (κ1) is 14.8. The van der Waals surface area contributed by atoms with E-state index in [0.29, 0.717) is 21.4 Å². The van der Waals surface area contributed by atoms with Gasteiger partial charge in [-0.25, -0.2) is 4.79 Å². The fourth-order valence-corrected chi connectivity index (χ4v) is 3.29. The van der Waals surface area contributed by atoms with E-state index in [1.54, 1.807) is 0 Å². The number of thiophene rings is 1. The van der Waals surface area contributed by atoms with Crippen LogP contribution in [0.5, 0.6) is 0 Å². The third-order valence-electron chi connectivity index (χ3n) is 2.99. The molecule has 0 saturated carbocycles. The Morgan fingerprint density at radius 2 is 2.05 bits per heavy atom. The molecule has 2 rings (SSSR count). The number of alkyl halides is 3. The summed E-state index contributed by atoms with van der Waals surface area (Å²) >= 11 is 1.05. The van der Waals surface area contributed by atoms with Crippen LogP contribution in [0.4, 0.5) is 13.2 Å². The third-order valence-corrected chi connectivity index (χ3v) is 4.17. The first-order valence-corrected chi connectivity index (χ1v) is 6.91. The Morgan fingerprint density at radius 3 is 2.60 bits per heavy atom. The molecule has 6 heteroatoms. The van der Waals surface area contributed by atoms with Crippen LogP contribution in [0.25, 0.3) is 10.1 Å². The molecular formula is C14H13F3O2S. The van der Waals surface area contributed by atoms with Crippen LogP contribution in [0.15, 0.2) is 18.2 Å². The topological polar surface area (TPSA) is 26.3 Å². The van der Waals surface area contributed by atoms with E-state index in [1.165, 1.54) is 13.2 Å². The third kappa shape index (κ3) is 2.65. The average Bonchev–Trinajstić information content (AvgIpc) is 2.75. The summed E-state index contributed by atoms with van der Waals surface area (Å²) in [6, 6.07) is 3.58. The number of esters is 1. The maximum absolute atomic E-state index is 12.7. The number of fused-ring (bicyclic) bond motifs is 1. The van der Waals surface area contributed by atoms with Gasteiger partial charge in [0.1, 0.15) is 4.88 Å². The zero-order valence-corrected chi connectivity index (χ0v) is 11.8. The van der Waals surface area contributed by atoms with Crippen LogP contribution in [-0.4, -0.2) is 13.1 Å². The number of aryl methyl sites for hydroxylation is 1. The van der Waals surface area contributed by atoms with Crippen molar-refractivity contribution in [3.05, 3.63) is 34.2 Å². The highest BCUT2D eigenvalue weighted by molar-refractivity contribution is 7.21. The molecule has 0 amide bonds. The lowest BCUT2D eigenvalue weighted by atomic mass is 10.0. The van der Waals surface area contributed by atoms with E-state index in [1.807, 2.05) is 6.92 Å². The highest BCUT2D eigenvalue weighted by Crippen LogP contribution is 2.37. The Hall–Kier alpha value is -1.56. The summed E-state index contributed by atoms with van der Waals surface area (Å²) in [6.45, 7) is 1.95. The second kappa shape index (κ2) is 5.44. The monoisotopic (exact) mass is 302 g/mol. The van der Waals surface area contributed by atoms with Gasteiger partial charge in [-0.05, 0) is 29.5 Å². The SMILES string of the molecule is CCCc1c(C(=O)OC)sc2cc(C(F)(F)F)ccc12. The molecule has 0 unspecified atom stereocenters. The van der Waals surface area contributed by atoms with E-state index < -0.39 is 17.7 Å². The molecule has 0 spiro atoms. The Labute approximate surface area is 118 Å². The number of hydrogen-bond acceptors (Lipinski definition) is 3. The van der Waals surface area contributed by atoms with E-state index in [0.717, 1.165) is 35.5 Å². The van der Waals surface area contributed by atoms with Crippen LogP contribution in [0.2, 0.25) is 0 Å². The molecule has 0 N–H and O–H groups in total. The van der Waals surface area contributed by atoms with Gasteiger partial charge in [0, 0.05) is 4.70 Å². The van der Waals surface area contributed by atoms with Crippen molar-refractivity contribution in [2.75, 3.05) is 7.11 Å². The van der Waals surface area contributed by atoms with Gasteiger partial charge in [-0.2, -0.15) is 13.2 Å². The molecular weight excluding hydrogens is 289 g/mol. The van der Waals surface area contributed by atoms with Crippen LogP contribution in [0.3, 0.4) is 0 Å². The minimum absolute atomic E-state index is 0.392. The fraction of sp³-hybridized carbons (Fsp3) is 0.357. The molecule has 108 valence electrons. The van der Waals surface area contributed by atoms with Gasteiger partial charge >= 0.3 is 12.1 Å². The Kier molecular flexibility index (Phi) is 4.04. The highest BCUT2D eigenvalue weighted by Gasteiger charge is 2.31. The maximum Gasteiger partial charge on any atom is 0.416 e. The maximum atomic E-state index is 12.7. The van der Waals surface area contributed by atoms with Crippen molar-refractivity contribution in [2.45, 2.75) is 25.9 Å². The summed E-state index contributed by atoms with van der Waals surface area (Å²) in [7, 11) is 1.27. The van der Waals surface area contributed by atoms with Crippen LogP contribution in [0, 0.1) is 0 Å². The Balaban J connectivity index is 2.64. The van der Waals surface area contributed by atoms with Gasteiger partial charge in [-0.3, -0.25) is 0 Å². The summed E-state index contributed by atoms with van der Waals surface area (Å²) in [5, 5.41) is 0.699. The van der Waals surface area contributed by atoms with Crippen molar-refractivity contribution in [3.8, 4) is 0 Å². The summed E-state index contributed by atoms with van der Waals surface area (Å²) < 4.78 is 43.3. The van der Waals surface area contributed by atoms with E-state index in [2.05, 4.69) is 0 Å². The lowest BCUT2D eigenvalue weighted by molar-refractivity contribution is -0.137. The molecule has 0 aliphatic rings. The molecule has 2 nitrogen and oxygen atoms in total. The molecule has 1 aromatic heterocycles. The van der Waals surface area contributed by atoms with Crippen molar-refractivity contribution in [1.82, 2.24) is 0 Å². The van der Waals surface area contributed by atoms with Gasteiger partial charge < -0.3 is 4.74 Å². The van der Waals surface area contributed by atoms with Gasteiger partial charge in [-0.15, -0.1) is 11.3 Å². The molecule has 0 bridgehead atoms. The van der Waals surface area contributed by atoms with Crippen LogP contribution in [-0.2, 0) is 17.3 Å². The number of ether oxygens (including phenoxy) is 1. The van der Waals surface area contributed by atoms with E-state index >= 15 is 0 Å². The zero-order chi connectivity index (χ0) is 14.9. The Morgan fingerprint density at radius 1 is 1.35 bits per heavy atom. The molecule has 20 heavy (non-hydrogen) atoms. The first-order valence-electron chi connectivity index (χ1n) is 6.09. The molecule has 0 saturated heterocycles. The summed E-state index contributed by atoms with van der Waals surface area (Å²) in [5.74, 6) is -0.497. The number of carbonyl (C=O) groups is 1. The molecule has 0 fully saturated rings. The number of carbonyl (C=O) groups excluding carboxylic acids is 1. The molecule has 0 atom stereocenters. The largest absolute Gasteiger partial charge is 0.465 e. The van der Waals surface area contributed by atoms with E-state index in [4.69, 9.17) is 4.74 Å². The van der Waals surface area contributed by atoms with Crippen LogP contribution in [0.1, 0.15) is 34.1 Å². The van der Waals surface area contributed by atoms with Gasteiger partial charge in [-0.1, -0.05) is 19.4 Å². The quantitative estimate of drug-likeness (QED) is 0.771. The van der Waals surface area contributed by atoms with Gasteiger partial charge in [0.15, 0.2) is 0 Å². The van der Waals surface area contributed by atoms with Crippen molar-refractivity contribution in [2.24, 2.45) is 0 Å². The number of halogens is 3. The summed E-state index contributed by atoms with van der Waals surface area (Å²) in [4.78, 5) is 12.1. The van der Waals surface area contributed by atoms with Crippen molar-refractivity contribution in [3.63, 3.8) is 0 Å². The van der Waals surface area contributed by atoms with Crippen LogP contribution < -0.4 is 0 Å². The lowest BCUT2D eigenvalue weighted by Crippen LogP contribution is -2.04. The van der Waals surface area contributed by atoms with Gasteiger partial charge in [0.05, 0.1) is 12.7 Å². The zero-order valence-electron chi connectivity index (χ0n) is 11.0. The van der Waals surface area contributed by atoms with Crippen LogP contribution >= 0.6 is 11.3 Å². The number of hydrogen-bond donors (Lipinski definition) is 0.